The molecule has 13 heteroatoms. The fraction of sp³-hybridized carbons (Fsp3) is 0.320. The highest BCUT2D eigenvalue weighted by atomic mass is 16.7. The Morgan fingerprint density at radius 1 is 1.00 bits per heavy atom. The molecule has 2 heterocycles. The lowest BCUT2D eigenvalue weighted by Crippen LogP contribution is -2.63. The topological polar surface area (TPSA) is 205 Å². The number of aromatic hydroxyl groups is 2. The standard InChI is InChI=1S/C25H25NO12/c1-2-35-16(28)10-26-24(34)23-21(32)20(31)22(33)25(38-23)37-15-9-14-17(19(30)18(15)29)12(27)8-13(36-14)11-6-4-3-5-7-11/h3-9,20-23,25,29-33H,2,10H2,1H3,(H,26,34)/t20-,21-,22+,23-,25+/m0/s1. The van der Waals surface area contributed by atoms with Gasteiger partial charge in [0.05, 0.1) is 6.61 Å². The molecule has 1 fully saturated rings. The van der Waals surface area contributed by atoms with Crippen LogP contribution in [0.5, 0.6) is 17.2 Å². The highest BCUT2D eigenvalue weighted by Crippen LogP contribution is 2.42. The summed E-state index contributed by atoms with van der Waals surface area (Å²) in [5.74, 6) is -3.93. The van der Waals surface area contributed by atoms with Gasteiger partial charge in [0.2, 0.25) is 12.0 Å². The van der Waals surface area contributed by atoms with Gasteiger partial charge in [-0.3, -0.25) is 14.4 Å². The minimum atomic E-state index is -1.94. The molecule has 1 aliphatic heterocycles. The van der Waals surface area contributed by atoms with Gasteiger partial charge in [-0.05, 0) is 6.92 Å². The van der Waals surface area contributed by atoms with Crippen molar-refractivity contribution in [2.24, 2.45) is 0 Å². The Labute approximate surface area is 214 Å². The number of hydrogen-bond acceptors (Lipinski definition) is 12. The number of phenolic OH excluding ortho intramolecular Hbond substituents is 2. The van der Waals surface area contributed by atoms with Crippen LogP contribution in [-0.4, -0.2) is 81.3 Å². The number of fused-ring (bicyclic) bond motifs is 1. The van der Waals surface area contributed by atoms with Gasteiger partial charge in [0, 0.05) is 17.7 Å². The summed E-state index contributed by atoms with van der Waals surface area (Å²) >= 11 is 0. The first-order valence-electron chi connectivity index (χ1n) is 11.5. The summed E-state index contributed by atoms with van der Waals surface area (Å²) < 4.78 is 21.2. The fourth-order valence-corrected chi connectivity index (χ4v) is 3.86. The van der Waals surface area contributed by atoms with Crippen molar-refractivity contribution in [1.82, 2.24) is 5.32 Å². The van der Waals surface area contributed by atoms with Gasteiger partial charge in [-0.15, -0.1) is 0 Å². The highest BCUT2D eigenvalue weighted by Gasteiger charge is 2.48. The molecule has 38 heavy (non-hydrogen) atoms. The first-order valence-corrected chi connectivity index (χ1v) is 11.5. The van der Waals surface area contributed by atoms with Crippen molar-refractivity contribution in [2.45, 2.75) is 37.6 Å². The summed E-state index contributed by atoms with van der Waals surface area (Å²) in [5, 5.41) is 53.7. The number of hydrogen-bond donors (Lipinski definition) is 6. The van der Waals surface area contributed by atoms with Crippen LogP contribution >= 0.6 is 0 Å². The lowest BCUT2D eigenvalue weighted by molar-refractivity contribution is -0.267. The summed E-state index contributed by atoms with van der Waals surface area (Å²) in [4.78, 5) is 36.7. The Morgan fingerprint density at radius 2 is 1.71 bits per heavy atom. The van der Waals surface area contributed by atoms with E-state index >= 15 is 0 Å². The summed E-state index contributed by atoms with van der Waals surface area (Å²) in [6.07, 6.45) is -9.41. The average molecular weight is 531 g/mol. The predicted molar refractivity (Wildman–Crippen MR) is 128 cm³/mol. The molecule has 6 N–H and O–H groups in total. The molecule has 13 nitrogen and oxygen atoms in total. The summed E-state index contributed by atoms with van der Waals surface area (Å²) in [5.41, 5.74) is -0.284. The molecule has 0 saturated carbocycles. The maximum absolute atomic E-state index is 12.7. The van der Waals surface area contributed by atoms with Gasteiger partial charge in [0.1, 0.15) is 41.6 Å². The normalized spacial score (nSPS) is 23.1. The van der Waals surface area contributed by atoms with E-state index in [9.17, 15) is 39.9 Å². The van der Waals surface area contributed by atoms with Gasteiger partial charge in [-0.25, -0.2) is 0 Å². The lowest BCUT2D eigenvalue weighted by atomic mass is 9.98. The van der Waals surface area contributed by atoms with Crippen LogP contribution in [0.2, 0.25) is 0 Å². The van der Waals surface area contributed by atoms with Gasteiger partial charge in [0.15, 0.2) is 23.0 Å². The molecule has 2 aromatic carbocycles. The maximum Gasteiger partial charge on any atom is 0.325 e. The molecule has 0 spiro atoms. The zero-order valence-corrected chi connectivity index (χ0v) is 19.9. The molecule has 0 bridgehead atoms. The number of aliphatic hydroxyl groups is 3. The number of carbonyl (C=O) groups is 2. The van der Waals surface area contributed by atoms with Gasteiger partial charge in [0.25, 0.3) is 5.91 Å². The van der Waals surface area contributed by atoms with E-state index in [1.165, 1.54) is 0 Å². The van der Waals surface area contributed by atoms with E-state index in [2.05, 4.69) is 5.32 Å². The van der Waals surface area contributed by atoms with Crippen molar-refractivity contribution in [3.8, 4) is 28.6 Å². The monoisotopic (exact) mass is 531 g/mol. The Morgan fingerprint density at radius 3 is 2.39 bits per heavy atom. The fourth-order valence-electron chi connectivity index (χ4n) is 3.86. The molecule has 202 valence electrons. The third-order valence-electron chi connectivity index (χ3n) is 5.77. The minimum Gasteiger partial charge on any atom is -0.504 e. The number of aliphatic hydroxyl groups excluding tert-OH is 3. The molecule has 1 amide bonds. The average Bonchev–Trinajstić information content (AvgIpc) is 2.90. The van der Waals surface area contributed by atoms with Crippen molar-refractivity contribution < 1.29 is 53.7 Å². The van der Waals surface area contributed by atoms with Gasteiger partial charge < -0.3 is 49.5 Å². The van der Waals surface area contributed by atoms with E-state index in [0.717, 1.165) is 12.1 Å². The first-order chi connectivity index (χ1) is 18.1. The van der Waals surface area contributed by atoms with Crippen LogP contribution in [0.1, 0.15) is 6.92 Å². The summed E-state index contributed by atoms with van der Waals surface area (Å²) in [6, 6.07) is 10.8. The number of nitrogens with one attached hydrogen (secondary N) is 1. The second kappa shape index (κ2) is 11.1. The number of carbonyl (C=O) groups excluding carboxylic acids is 2. The number of esters is 1. The molecule has 1 saturated heterocycles. The zero-order chi connectivity index (χ0) is 27.6. The molecule has 5 atom stereocenters. The third kappa shape index (κ3) is 5.26. The molecule has 1 aliphatic rings. The number of amides is 1. The van der Waals surface area contributed by atoms with Crippen LogP contribution in [0, 0.1) is 0 Å². The van der Waals surface area contributed by atoms with Crippen LogP contribution in [0.25, 0.3) is 22.3 Å². The van der Waals surface area contributed by atoms with Crippen molar-refractivity contribution in [2.75, 3.05) is 13.2 Å². The van der Waals surface area contributed by atoms with E-state index in [-0.39, 0.29) is 23.3 Å². The van der Waals surface area contributed by atoms with Gasteiger partial charge >= 0.3 is 5.97 Å². The first kappa shape index (κ1) is 26.9. The van der Waals surface area contributed by atoms with Crippen LogP contribution in [0.15, 0.2) is 51.7 Å². The van der Waals surface area contributed by atoms with E-state index in [0.29, 0.717) is 5.56 Å². The van der Waals surface area contributed by atoms with Crippen LogP contribution < -0.4 is 15.5 Å². The van der Waals surface area contributed by atoms with E-state index in [1.807, 2.05) is 0 Å². The van der Waals surface area contributed by atoms with Crippen molar-refractivity contribution >= 4 is 22.8 Å². The molecule has 3 aromatic rings. The third-order valence-corrected chi connectivity index (χ3v) is 5.77. The van der Waals surface area contributed by atoms with Crippen LogP contribution in [0.3, 0.4) is 0 Å². The molecule has 0 unspecified atom stereocenters. The Bertz CT molecular complexity index is 1390. The van der Waals surface area contributed by atoms with E-state index < -0.39 is 71.8 Å². The van der Waals surface area contributed by atoms with Crippen molar-refractivity contribution in [3.05, 3.63) is 52.7 Å². The molecule has 4 rings (SSSR count). The number of benzene rings is 2. The number of rotatable bonds is 7. The predicted octanol–water partition coefficient (Wildman–Crippen LogP) is -0.263. The lowest BCUT2D eigenvalue weighted by Gasteiger charge is -2.39. The zero-order valence-electron chi connectivity index (χ0n) is 19.9. The maximum atomic E-state index is 12.7. The number of phenols is 2. The smallest absolute Gasteiger partial charge is 0.325 e. The SMILES string of the molecule is CCOC(=O)CNC(=O)[C@H]1O[C@@H](Oc2cc3oc(-c4ccccc4)cc(=O)c3c(O)c2O)[C@H](O)[C@@H](O)[C@@H]1O. The highest BCUT2D eigenvalue weighted by molar-refractivity contribution is 5.89. The Balaban J connectivity index is 1.63. The summed E-state index contributed by atoms with van der Waals surface area (Å²) in [7, 11) is 0. The van der Waals surface area contributed by atoms with Crippen molar-refractivity contribution in [3.63, 3.8) is 0 Å². The Hall–Kier alpha value is -4.17. The molecular weight excluding hydrogens is 506 g/mol. The Kier molecular flexibility index (Phi) is 7.83. The second-order valence-electron chi connectivity index (χ2n) is 8.32. The number of ether oxygens (including phenoxy) is 3. The van der Waals surface area contributed by atoms with Crippen LogP contribution in [-0.2, 0) is 19.1 Å². The van der Waals surface area contributed by atoms with Crippen LogP contribution in [0.4, 0.5) is 0 Å². The van der Waals surface area contributed by atoms with E-state index in [4.69, 9.17) is 18.6 Å². The molecule has 1 aromatic heterocycles. The molecule has 0 aliphatic carbocycles. The van der Waals surface area contributed by atoms with Crippen molar-refractivity contribution in [1.29, 1.82) is 0 Å². The molecule has 0 radical (unpaired) electrons. The summed E-state index contributed by atoms with van der Waals surface area (Å²) in [6.45, 7) is 1.10. The second-order valence-corrected chi connectivity index (χ2v) is 8.32. The van der Waals surface area contributed by atoms with E-state index in [1.54, 1.807) is 37.3 Å². The quantitative estimate of drug-likeness (QED) is 0.172. The van der Waals surface area contributed by atoms with Gasteiger partial charge in [-0.1, -0.05) is 30.3 Å². The van der Waals surface area contributed by atoms with Gasteiger partial charge in [-0.2, -0.15) is 0 Å². The minimum absolute atomic E-state index is 0.0765. The molecular formula is C25H25NO12. The largest absolute Gasteiger partial charge is 0.504 e.